The van der Waals surface area contributed by atoms with Crippen molar-refractivity contribution in [2.45, 2.75) is 13.5 Å². The Kier molecular flexibility index (Phi) is 5.52. The second kappa shape index (κ2) is 8.01. The highest BCUT2D eigenvalue weighted by atomic mass is 35.5. The minimum absolute atomic E-state index is 0.0118. The molecular weight excluding hydrogens is 364 g/mol. The van der Waals surface area contributed by atoms with Crippen LogP contribution in [0.25, 0.3) is 0 Å². The SMILES string of the molecule is CC(=O)c1cccc(NC(=O)c2cccn(Cc3ccccc3Cl)c2=O)c1. The molecule has 1 aromatic heterocycles. The topological polar surface area (TPSA) is 68.2 Å². The number of Topliss-reactive ketones (excluding diaryl/α,β-unsaturated/α-hetero) is 1. The van der Waals surface area contributed by atoms with Gasteiger partial charge in [0.2, 0.25) is 0 Å². The van der Waals surface area contributed by atoms with E-state index in [9.17, 15) is 14.4 Å². The summed E-state index contributed by atoms with van der Waals surface area (Å²) < 4.78 is 1.43. The maximum Gasteiger partial charge on any atom is 0.263 e. The first-order valence-corrected chi connectivity index (χ1v) is 8.68. The number of carbonyl (C=O) groups excluding carboxylic acids is 2. The van der Waals surface area contributed by atoms with E-state index in [4.69, 9.17) is 11.6 Å². The molecule has 1 amide bonds. The summed E-state index contributed by atoms with van der Waals surface area (Å²) in [6, 6.07) is 16.9. The number of hydrogen-bond acceptors (Lipinski definition) is 3. The molecule has 0 aliphatic rings. The highest BCUT2D eigenvalue weighted by Crippen LogP contribution is 2.16. The fourth-order valence-electron chi connectivity index (χ4n) is 2.66. The highest BCUT2D eigenvalue weighted by Gasteiger charge is 2.13. The molecule has 2 aromatic carbocycles. The first-order chi connectivity index (χ1) is 13.0. The normalized spacial score (nSPS) is 10.4. The molecular formula is C21H17ClN2O3. The fraction of sp³-hybridized carbons (Fsp3) is 0.0952. The minimum Gasteiger partial charge on any atom is -0.322 e. The van der Waals surface area contributed by atoms with Crippen LogP contribution in [-0.2, 0) is 6.54 Å². The zero-order valence-corrected chi connectivity index (χ0v) is 15.4. The molecule has 0 atom stereocenters. The van der Waals surface area contributed by atoms with Gasteiger partial charge in [-0.3, -0.25) is 14.4 Å². The Hall–Kier alpha value is -3.18. The average molecular weight is 381 g/mol. The summed E-state index contributed by atoms with van der Waals surface area (Å²) in [6.07, 6.45) is 1.61. The molecule has 6 heteroatoms. The van der Waals surface area contributed by atoms with Gasteiger partial charge in [-0.1, -0.05) is 41.9 Å². The van der Waals surface area contributed by atoms with Crippen LogP contribution < -0.4 is 10.9 Å². The molecule has 0 saturated carbocycles. The summed E-state index contributed by atoms with van der Waals surface area (Å²) in [5.74, 6) is -0.637. The second-order valence-electron chi connectivity index (χ2n) is 6.04. The number of anilines is 1. The number of pyridine rings is 1. The lowest BCUT2D eigenvalue weighted by Gasteiger charge is -2.10. The molecule has 3 aromatic rings. The molecule has 1 N–H and O–H groups in total. The van der Waals surface area contributed by atoms with Crippen LogP contribution in [0.1, 0.15) is 33.2 Å². The average Bonchev–Trinajstić information content (AvgIpc) is 2.65. The minimum atomic E-state index is -0.533. The third-order valence-corrected chi connectivity index (χ3v) is 4.46. The Balaban J connectivity index is 1.86. The van der Waals surface area contributed by atoms with Crippen molar-refractivity contribution >= 4 is 29.0 Å². The van der Waals surface area contributed by atoms with Crippen molar-refractivity contribution in [3.63, 3.8) is 0 Å². The summed E-state index contributed by atoms with van der Waals surface area (Å²) >= 11 is 6.15. The van der Waals surface area contributed by atoms with Crippen LogP contribution in [0.5, 0.6) is 0 Å². The van der Waals surface area contributed by atoms with Crippen LogP contribution in [0.2, 0.25) is 5.02 Å². The van der Waals surface area contributed by atoms with Gasteiger partial charge in [-0.05, 0) is 42.8 Å². The standard InChI is InChI=1S/C21H17ClN2O3/c1-14(25)15-7-4-8-17(12-15)23-20(26)18-9-5-11-24(21(18)27)13-16-6-2-3-10-19(16)22/h2-12H,13H2,1H3,(H,23,26). The lowest BCUT2D eigenvalue weighted by molar-refractivity contribution is 0.101. The van der Waals surface area contributed by atoms with Crippen molar-refractivity contribution in [2.24, 2.45) is 0 Å². The number of amides is 1. The first-order valence-electron chi connectivity index (χ1n) is 8.31. The van der Waals surface area contributed by atoms with Gasteiger partial charge in [0.1, 0.15) is 5.56 Å². The fourth-order valence-corrected chi connectivity index (χ4v) is 2.85. The molecule has 0 aliphatic carbocycles. The molecule has 1 heterocycles. The van der Waals surface area contributed by atoms with Crippen LogP contribution >= 0.6 is 11.6 Å². The number of rotatable bonds is 5. The van der Waals surface area contributed by atoms with Gasteiger partial charge in [-0.15, -0.1) is 0 Å². The molecule has 136 valence electrons. The van der Waals surface area contributed by atoms with E-state index in [0.717, 1.165) is 5.56 Å². The zero-order valence-electron chi connectivity index (χ0n) is 14.6. The maximum absolute atomic E-state index is 12.7. The predicted molar refractivity (Wildman–Crippen MR) is 106 cm³/mol. The molecule has 0 aliphatic heterocycles. The Labute approximate surface area is 161 Å². The smallest absolute Gasteiger partial charge is 0.263 e. The molecule has 0 unspecified atom stereocenters. The van der Waals surface area contributed by atoms with E-state index in [0.29, 0.717) is 16.3 Å². The Morgan fingerprint density at radius 2 is 1.81 bits per heavy atom. The molecule has 0 radical (unpaired) electrons. The van der Waals surface area contributed by atoms with Gasteiger partial charge < -0.3 is 9.88 Å². The van der Waals surface area contributed by atoms with Crippen LogP contribution in [-0.4, -0.2) is 16.3 Å². The Morgan fingerprint density at radius 1 is 1.04 bits per heavy atom. The van der Waals surface area contributed by atoms with Crippen LogP contribution in [0, 0.1) is 0 Å². The van der Waals surface area contributed by atoms with E-state index in [2.05, 4.69) is 5.32 Å². The second-order valence-corrected chi connectivity index (χ2v) is 6.44. The molecule has 3 rings (SSSR count). The monoisotopic (exact) mass is 380 g/mol. The van der Waals surface area contributed by atoms with Crippen molar-refractivity contribution in [3.05, 3.63) is 98.9 Å². The van der Waals surface area contributed by atoms with E-state index in [1.165, 1.54) is 17.6 Å². The van der Waals surface area contributed by atoms with E-state index in [-0.39, 0.29) is 17.9 Å². The Bertz CT molecular complexity index is 1070. The molecule has 0 spiro atoms. The van der Waals surface area contributed by atoms with Gasteiger partial charge in [-0.25, -0.2) is 0 Å². The number of nitrogens with one attached hydrogen (secondary N) is 1. The van der Waals surface area contributed by atoms with E-state index in [1.54, 1.807) is 42.6 Å². The number of carbonyl (C=O) groups is 2. The van der Waals surface area contributed by atoms with Crippen LogP contribution in [0.3, 0.4) is 0 Å². The number of aromatic nitrogens is 1. The van der Waals surface area contributed by atoms with Gasteiger partial charge in [0.05, 0.1) is 6.54 Å². The summed E-state index contributed by atoms with van der Waals surface area (Å²) in [5, 5.41) is 3.22. The van der Waals surface area contributed by atoms with E-state index < -0.39 is 11.5 Å². The van der Waals surface area contributed by atoms with Crippen molar-refractivity contribution in [3.8, 4) is 0 Å². The number of ketones is 1. The number of hydrogen-bond donors (Lipinski definition) is 1. The quantitative estimate of drug-likeness (QED) is 0.680. The van der Waals surface area contributed by atoms with Crippen molar-refractivity contribution in [2.75, 3.05) is 5.32 Å². The molecule has 27 heavy (non-hydrogen) atoms. The van der Waals surface area contributed by atoms with Gasteiger partial charge in [-0.2, -0.15) is 0 Å². The third kappa shape index (κ3) is 4.33. The van der Waals surface area contributed by atoms with Crippen molar-refractivity contribution < 1.29 is 9.59 Å². The summed E-state index contributed by atoms with van der Waals surface area (Å²) in [7, 11) is 0. The van der Waals surface area contributed by atoms with Gasteiger partial charge in [0.15, 0.2) is 5.78 Å². The third-order valence-electron chi connectivity index (χ3n) is 4.09. The zero-order chi connectivity index (χ0) is 19.4. The van der Waals surface area contributed by atoms with Crippen molar-refractivity contribution in [1.29, 1.82) is 0 Å². The predicted octanol–water partition coefficient (Wildman–Crippen LogP) is 4.00. The summed E-state index contributed by atoms with van der Waals surface area (Å²) in [5.41, 5.74) is 1.31. The molecule has 0 fully saturated rings. The molecule has 0 saturated heterocycles. The Morgan fingerprint density at radius 3 is 2.56 bits per heavy atom. The van der Waals surface area contributed by atoms with Gasteiger partial charge in [0, 0.05) is 22.5 Å². The van der Waals surface area contributed by atoms with Gasteiger partial charge >= 0.3 is 0 Å². The highest BCUT2D eigenvalue weighted by molar-refractivity contribution is 6.31. The first kappa shape index (κ1) is 18.6. The van der Waals surface area contributed by atoms with E-state index >= 15 is 0 Å². The van der Waals surface area contributed by atoms with Crippen LogP contribution in [0.4, 0.5) is 5.69 Å². The number of nitrogens with zero attached hydrogens (tertiary/aromatic N) is 1. The molecule has 5 nitrogen and oxygen atoms in total. The lowest BCUT2D eigenvalue weighted by atomic mass is 10.1. The number of halogens is 1. The molecule has 0 bridgehead atoms. The number of benzene rings is 2. The largest absolute Gasteiger partial charge is 0.322 e. The van der Waals surface area contributed by atoms with Crippen molar-refractivity contribution in [1.82, 2.24) is 4.57 Å². The summed E-state index contributed by atoms with van der Waals surface area (Å²) in [6.45, 7) is 1.71. The lowest BCUT2D eigenvalue weighted by Crippen LogP contribution is -2.29. The van der Waals surface area contributed by atoms with Gasteiger partial charge in [0.25, 0.3) is 11.5 Å². The van der Waals surface area contributed by atoms with E-state index in [1.807, 2.05) is 18.2 Å². The maximum atomic E-state index is 12.7. The summed E-state index contributed by atoms with van der Waals surface area (Å²) in [4.78, 5) is 36.7. The van der Waals surface area contributed by atoms with Crippen LogP contribution in [0.15, 0.2) is 71.7 Å².